The molecule has 0 radical (unpaired) electrons. The molecule has 0 bridgehead atoms. The van der Waals surface area contributed by atoms with Crippen molar-refractivity contribution >= 4 is 11.9 Å². The summed E-state index contributed by atoms with van der Waals surface area (Å²) in [6, 6.07) is 8.35. The van der Waals surface area contributed by atoms with Gasteiger partial charge in [0.1, 0.15) is 6.61 Å². The van der Waals surface area contributed by atoms with Crippen molar-refractivity contribution in [3.8, 4) is 0 Å². The van der Waals surface area contributed by atoms with E-state index in [4.69, 9.17) is 9.47 Å². The summed E-state index contributed by atoms with van der Waals surface area (Å²) < 4.78 is 52.3. The number of rotatable bonds is 8. The predicted octanol–water partition coefficient (Wildman–Crippen LogP) is 0.870. The molecule has 11 nitrogen and oxygen atoms in total. The summed E-state index contributed by atoms with van der Waals surface area (Å²) in [4.78, 5) is 49.6. The first kappa shape index (κ1) is 25.7. The van der Waals surface area contributed by atoms with Crippen LogP contribution in [0.1, 0.15) is 23.0 Å². The lowest BCUT2D eigenvalue weighted by Crippen LogP contribution is -2.46. The quantitative estimate of drug-likeness (QED) is 0.504. The van der Waals surface area contributed by atoms with Gasteiger partial charge in [0.05, 0.1) is 13.0 Å². The average Bonchev–Trinajstić information content (AvgIpc) is 3.13. The Labute approximate surface area is 194 Å². The average molecular weight is 500 g/mol. The highest BCUT2D eigenvalue weighted by Gasteiger charge is 2.40. The highest BCUT2D eigenvalue weighted by atomic mass is 19.4. The van der Waals surface area contributed by atoms with E-state index in [2.05, 4.69) is 4.74 Å². The molecule has 1 aliphatic heterocycles. The van der Waals surface area contributed by atoms with Crippen LogP contribution in [-0.4, -0.2) is 63.3 Å². The molecule has 3 rings (SSSR count). The van der Waals surface area contributed by atoms with Gasteiger partial charge in [-0.15, -0.1) is 0 Å². The standard InChI is InChI=1S/C21H19F3N2O9/c22-21(23,24)11-34-15(29)7-9-33-17-16(30)13(10-27)35-19(17)25-8-6-14(28)26(20(25)32)18(31)12-4-2-1-3-5-12/h1-6,8,17,19,27,30H,7,9-11H2/t17?,19-/m1/s1. The summed E-state index contributed by atoms with van der Waals surface area (Å²) >= 11 is 0. The summed E-state index contributed by atoms with van der Waals surface area (Å²) in [5.41, 5.74) is -2.05. The number of aromatic nitrogens is 2. The van der Waals surface area contributed by atoms with E-state index in [1.165, 1.54) is 24.3 Å². The first-order valence-corrected chi connectivity index (χ1v) is 10.0. The summed E-state index contributed by atoms with van der Waals surface area (Å²) in [5, 5.41) is 19.7. The number of carbonyl (C=O) groups excluding carboxylic acids is 2. The van der Waals surface area contributed by atoms with Gasteiger partial charge in [-0.1, -0.05) is 18.2 Å². The Bertz CT molecular complexity index is 1240. The third-order valence-corrected chi connectivity index (χ3v) is 4.73. The number of nitrogens with zero attached hydrogens (tertiary/aromatic N) is 2. The third-order valence-electron chi connectivity index (χ3n) is 4.73. The minimum atomic E-state index is -4.71. The second-order valence-corrected chi connectivity index (χ2v) is 7.14. The van der Waals surface area contributed by atoms with Gasteiger partial charge < -0.3 is 24.4 Å². The highest BCUT2D eigenvalue weighted by molar-refractivity contribution is 5.95. The number of benzene rings is 1. The van der Waals surface area contributed by atoms with Crippen molar-refractivity contribution in [3.63, 3.8) is 0 Å². The van der Waals surface area contributed by atoms with Gasteiger partial charge in [-0.05, 0) is 12.1 Å². The molecule has 1 aromatic carbocycles. The van der Waals surface area contributed by atoms with Crippen molar-refractivity contribution in [2.24, 2.45) is 0 Å². The molecule has 2 heterocycles. The van der Waals surface area contributed by atoms with Gasteiger partial charge in [0.2, 0.25) is 6.23 Å². The molecule has 14 heteroatoms. The summed E-state index contributed by atoms with van der Waals surface area (Å²) in [6.07, 6.45) is -7.40. The minimum Gasteiger partial charge on any atom is -0.506 e. The molecule has 2 aromatic rings. The number of alkyl halides is 3. The summed E-state index contributed by atoms with van der Waals surface area (Å²) in [5.74, 6) is -3.21. The van der Waals surface area contributed by atoms with Crippen LogP contribution in [0.3, 0.4) is 0 Å². The fourth-order valence-electron chi connectivity index (χ4n) is 3.13. The van der Waals surface area contributed by atoms with E-state index in [0.29, 0.717) is 4.57 Å². The van der Waals surface area contributed by atoms with Gasteiger partial charge in [0.15, 0.2) is 24.2 Å². The fourth-order valence-corrected chi connectivity index (χ4v) is 3.13. The third kappa shape index (κ3) is 5.96. The van der Waals surface area contributed by atoms with E-state index < -0.39 is 79.4 Å². The zero-order valence-corrected chi connectivity index (χ0v) is 17.8. The molecule has 0 saturated heterocycles. The molecule has 35 heavy (non-hydrogen) atoms. The Morgan fingerprint density at radius 2 is 1.80 bits per heavy atom. The molecule has 1 unspecified atom stereocenters. The highest BCUT2D eigenvalue weighted by Crippen LogP contribution is 2.32. The topological polar surface area (TPSA) is 146 Å². The van der Waals surface area contributed by atoms with E-state index in [1.54, 1.807) is 6.07 Å². The number of carbonyl (C=O) groups is 2. The maximum Gasteiger partial charge on any atom is 0.422 e. The molecule has 0 saturated carbocycles. The Kier molecular flexibility index (Phi) is 7.76. The van der Waals surface area contributed by atoms with E-state index in [1.807, 2.05) is 0 Å². The normalized spacial score (nSPS) is 17.8. The van der Waals surface area contributed by atoms with E-state index >= 15 is 0 Å². The predicted molar refractivity (Wildman–Crippen MR) is 109 cm³/mol. The smallest absolute Gasteiger partial charge is 0.422 e. The number of halogens is 3. The molecule has 0 spiro atoms. The van der Waals surface area contributed by atoms with Crippen LogP contribution in [0.2, 0.25) is 0 Å². The molecular weight excluding hydrogens is 481 g/mol. The van der Waals surface area contributed by atoms with Crippen LogP contribution >= 0.6 is 0 Å². The molecule has 2 N–H and O–H groups in total. The monoisotopic (exact) mass is 500 g/mol. The summed E-state index contributed by atoms with van der Waals surface area (Å²) in [7, 11) is 0. The van der Waals surface area contributed by atoms with Crippen LogP contribution in [0.4, 0.5) is 13.2 Å². The second-order valence-electron chi connectivity index (χ2n) is 7.14. The van der Waals surface area contributed by atoms with Gasteiger partial charge in [-0.25, -0.2) is 4.79 Å². The van der Waals surface area contributed by atoms with Crippen molar-refractivity contribution in [1.29, 1.82) is 0 Å². The van der Waals surface area contributed by atoms with Crippen LogP contribution in [0.25, 0.3) is 0 Å². The van der Waals surface area contributed by atoms with Gasteiger partial charge in [0.25, 0.3) is 11.5 Å². The van der Waals surface area contributed by atoms with Gasteiger partial charge in [-0.3, -0.25) is 19.0 Å². The lowest BCUT2D eigenvalue weighted by Gasteiger charge is -2.22. The molecule has 0 aliphatic carbocycles. The number of aliphatic hydroxyl groups excluding tert-OH is 2. The van der Waals surface area contributed by atoms with Crippen LogP contribution in [0.15, 0.2) is 63.7 Å². The van der Waals surface area contributed by atoms with Crippen molar-refractivity contribution < 1.29 is 47.2 Å². The maximum absolute atomic E-state index is 13.0. The Balaban J connectivity index is 1.83. The number of aliphatic hydroxyl groups is 2. The molecule has 0 amide bonds. The molecule has 188 valence electrons. The zero-order valence-electron chi connectivity index (χ0n) is 17.8. The van der Waals surface area contributed by atoms with Crippen molar-refractivity contribution in [2.45, 2.75) is 24.9 Å². The number of ether oxygens (including phenoxy) is 3. The van der Waals surface area contributed by atoms with Gasteiger partial charge >= 0.3 is 17.8 Å². The van der Waals surface area contributed by atoms with Crippen LogP contribution < -0.4 is 11.2 Å². The Morgan fingerprint density at radius 3 is 2.43 bits per heavy atom. The zero-order chi connectivity index (χ0) is 25.8. The van der Waals surface area contributed by atoms with Gasteiger partial charge in [-0.2, -0.15) is 17.7 Å². The molecule has 1 aliphatic rings. The van der Waals surface area contributed by atoms with E-state index in [9.17, 15) is 42.6 Å². The number of esters is 1. The number of hydrogen-bond acceptors (Lipinski definition) is 9. The molecular formula is C21H19F3N2O9. The summed E-state index contributed by atoms with van der Waals surface area (Å²) in [6.45, 7) is -3.15. The maximum atomic E-state index is 13.0. The minimum absolute atomic E-state index is 0.0407. The Hall–Kier alpha value is -3.91. The van der Waals surface area contributed by atoms with Crippen LogP contribution in [0, 0.1) is 0 Å². The van der Waals surface area contributed by atoms with Crippen molar-refractivity contribution in [3.05, 3.63) is 80.5 Å². The lowest BCUT2D eigenvalue weighted by atomic mass is 10.2. The van der Waals surface area contributed by atoms with E-state index in [0.717, 1.165) is 16.8 Å². The van der Waals surface area contributed by atoms with Crippen LogP contribution in [-0.2, 0) is 19.0 Å². The van der Waals surface area contributed by atoms with Gasteiger partial charge in [0, 0.05) is 17.8 Å². The molecule has 0 fully saturated rings. The first-order valence-electron chi connectivity index (χ1n) is 10.0. The van der Waals surface area contributed by atoms with Crippen molar-refractivity contribution in [2.75, 3.05) is 19.8 Å². The second kappa shape index (κ2) is 10.6. The fraction of sp³-hybridized carbons (Fsp3) is 0.333. The van der Waals surface area contributed by atoms with Crippen molar-refractivity contribution in [1.82, 2.24) is 9.13 Å². The van der Waals surface area contributed by atoms with E-state index in [-0.39, 0.29) is 5.56 Å². The number of hydrogen-bond donors (Lipinski definition) is 2. The SMILES string of the molecule is O=C(CCOC1C(O)=C(CO)O[C@H]1n1ccc(=O)n(C(=O)c2ccccc2)c1=O)OCC(F)(F)F. The first-order chi connectivity index (χ1) is 16.5. The Morgan fingerprint density at radius 1 is 1.11 bits per heavy atom. The lowest BCUT2D eigenvalue weighted by molar-refractivity contribution is -0.187. The molecule has 1 aromatic heterocycles. The van der Waals surface area contributed by atoms with Crippen LogP contribution in [0.5, 0.6) is 0 Å². The molecule has 2 atom stereocenters. The largest absolute Gasteiger partial charge is 0.506 e.